The molecule has 0 bridgehead atoms. The lowest BCUT2D eigenvalue weighted by Gasteiger charge is -2.36. The Morgan fingerprint density at radius 1 is 1.12 bits per heavy atom. The van der Waals surface area contributed by atoms with Crippen LogP contribution in [0.4, 0.5) is 5.69 Å². The van der Waals surface area contributed by atoms with Crippen LogP contribution in [0.25, 0.3) is 0 Å². The topological polar surface area (TPSA) is 75.6 Å². The summed E-state index contributed by atoms with van der Waals surface area (Å²) in [6.45, 7) is 0.968. The molecule has 1 saturated heterocycles. The van der Waals surface area contributed by atoms with E-state index in [2.05, 4.69) is 5.32 Å². The Morgan fingerprint density at radius 2 is 1.85 bits per heavy atom. The Labute approximate surface area is 156 Å². The van der Waals surface area contributed by atoms with Crippen molar-refractivity contribution in [3.63, 3.8) is 0 Å². The molecule has 1 fully saturated rings. The molecule has 0 aromatic heterocycles. The van der Waals surface area contributed by atoms with Crippen molar-refractivity contribution >= 4 is 29.2 Å². The summed E-state index contributed by atoms with van der Waals surface area (Å²) < 4.78 is 5.46. The van der Waals surface area contributed by atoms with Crippen molar-refractivity contribution in [2.45, 2.75) is 24.7 Å². The molecule has 1 heterocycles. The largest absolute Gasteiger partial charge is 0.481 e. The second-order valence-electron chi connectivity index (χ2n) is 6.40. The first-order valence-corrected chi connectivity index (χ1v) is 8.84. The molecule has 0 spiro atoms. The number of halogens is 1. The van der Waals surface area contributed by atoms with E-state index in [1.165, 1.54) is 0 Å². The number of carbonyl (C=O) groups excluding carboxylic acids is 1. The Hall–Kier alpha value is -2.37. The highest BCUT2D eigenvalue weighted by Crippen LogP contribution is 2.39. The Bertz CT molecular complexity index is 815. The number of amides is 1. The monoisotopic (exact) mass is 373 g/mol. The average molecular weight is 374 g/mol. The van der Waals surface area contributed by atoms with Crippen LogP contribution in [0.2, 0.25) is 5.02 Å². The van der Waals surface area contributed by atoms with Crippen LogP contribution >= 0.6 is 11.6 Å². The van der Waals surface area contributed by atoms with Crippen LogP contribution in [0.1, 0.15) is 24.0 Å². The van der Waals surface area contributed by atoms with E-state index in [9.17, 15) is 9.59 Å². The van der Waals surface area contributed by atoms with Gasteiger partial charge in [0.1, 0.15) is 0 Å². The second kappa shape index (κ2) is 7.89. The molecule has 0 aliphatic carbocycles. The third-order valence-electron chi connectivity index (χ3n) is 4.71. The number of nitrogens with one attached hydrogen (secondary N) is 1. The summed E-state index contributed by atoms with van der Waals surface area (Å²) in [5.74, 6) is -1.06. The molecule has 0 saturated carbocycles. The summed E-state index contributed by atoms with van der Waals surface area (Å²) in [6.07, 6.45) is 0.988. The van der Waals surface area contributed by atoms with Crippen LogP contribution in [0.3, 0.4) is 0 Å². The summed E-state index contributed by atoms with van der Waals surface area (Å²) >= 11 is 6.39. The first kappa shape index (κ1) is 18.4. The molecule has 0 unspecified atom stereocenters. The minimum atomic E-state index is -0.912. The van der Waals surface area contributed by atoms with Gasteiger partial charge in [0.2, 0.25) is 5.91 Å². The van der Waals surface area contributed by atoms with E-state index >= 15 is 0 Å². The van der Waals surface area contributed by atoms with Crippen LogP contribution in [0.15, 0.2) is 48.5 Å². The smallest absolute Gasteiger partial charge is 0.307 e. The van der Waals surface area contributed by atoms with E-state index in [-0.39, 0.29) is 12.3 Å². The van der Waals surface area contributed by atoms with Crippen LogP contribution in [-0.2, 0) is 26.2 Å². The van der Waals surface area contributed by atoms with E-state index in [1.807, 2.05) is 18.2 Å². The van der Waals surface area contributed by atoms with Crippen LogP contribution < -0.4 is 5.32 Å². The normalized spacial score (nSPS) is 16.0. The van der Waals surface area contributed by atoms with Gasteiger partial charge in [0.05, 0.1) is 11.8 Å². The van der Waals surface area contributed by atoms with Crippen molar-refractivity contribution in [2.75, 3.05) is 18.5 Å². The molecule has 2 aromatic carbocycles. The number of carboxylic acids is 1. The van der Waals surface area contributed by atoms with Gasteiger partial charge in [-0.3, -0.25) is 9.59 Å². The Balaban J connectivity index is 1.90. The predicted molar refractivity (Wildman–Crippen MR) is 99.6 cm³/mol. The quantitative estimate of drug-likeness (QED) is 0.838. The molecule has 3 rings (SSSR count). The lowest BCUT2D eigenvalue weighted by Crippen LogP contribution is -2.45. The van der Waals surface area contributed by atoms with E-state index in [1.54, 1.807) is 30.3 Å². The van der Waals surface area contributed by atoms with Crippen molar-refractivity contribution in [3.05, 3.63) is 64.7 Å². The van der Waals surface area contributed by atoms with Crippen molar-refractivity contribution < 1.29 is 19.4 Å². The van der Waals surface area contributed by atoms with Crippen molar-refractivity contribution in [3.8, 4) is 0 Å². The third-order valence-corrected chi connectivity index (χ3v) is 5.04. The highest BCUT2D eigenvalue weighted by atomic mass is 35.5. The van der Waals surface area contributed by atoms with E-state index < -0.39 is 11.4 Å². The van der Waals surface area contributed by atoms with E-state index in [0.29, 0.717) is 42.3 Å². The molecule has 2 N–H and O–H groups in total. The minimum Gasteiger partial charge on any atom is -0.481 e. The fourth-order valence-electron chi connectivity index (χ4n) is 3.37. The number of hydrogen-bond donors (Lipinski definition) is 2. The SMILES string of the molecule is O=C(O)Cc1cccc(NC(=O)C2(c3ccccc3Cl)CCOCC2)c1. The van der Waals surface area contributed by atoms with Crippen LogP contribution in [-0.4, -0.2) is 30.2 Å². The molecule has 1 aliphatic heterocycles. The predicted octanol–water partition coefficient (Wildman–Crippen LogP) is 3.65. The van der Waals surface area contributed by atoms with Gasteiger partial charge >= 0.3 is 5.97 Å². The molecule has 2 aromatic rings. The highest BCUT2D eigenvalue weighted by molar-refractivity contribution is 6.31. The summed E-state index contributed by atoms with van der Waals surface area (Å²) in [4.78, 5) is 24.1. The third kappa shape index (κ3) is 3.89. The fraction of sp³-hybridized carbons (Fsp3) is 0.300. The number of carbonyl (C=O) groups is 2. The summed E-state index contributed by atoms with van der Waals surface area (Å²) in [5.41, 5.74) is 1.24. The number of ether oxygens (including phenoxy) is 1. The maximum absolute atomic E-state index is 13.2. The molecule has 26 heavy (non-hydrogen) atoms. The van der Waals surface area contributed by atoms with Crippen molar-refractivity contribution in [1.29, 1.82) is 0 Å². The number of carboxylic acid groups (broad SMARTS) is 1. The van der Waals surface area contributed by atoms with E-state index in [4.69, 9.17) is 21.4 Å². The van der Waals surface area contributed by atoms with Gasteiger partial charge in [-0.25, -0.2) is 0 Å². The minimum absolute atomic E-state index is 0.0901. The van der Waals surface area contributed by atoms with Gasteiger partial charge in [-0.1, -0.05) is 41.9 Å². The zero-order chi connectivity index (χ0) is 18.6. The maximum atomic E-state index is 13.2. The number of hydrogen-bond acceptors (Lipinski definition) is 3. The first-order chi connectivity index (χ1) is 12.5. The van der Waals surface area contributed by atoms with Gasteiger partial charge in [0, 0.05) is 23.9 Å². The standard InChI is InChI=1S/C20H20ClNO4/c21-17-7-2-1-6-16(17)20(8-10-26-11-9-20)19(25)22-15-5-3-4-14(12-15)13-18(23)24/h1-7,12H,8-11,13H2,(H,22,25)(H,23,24). The van der Waals surface area contributed by atoms with Gasteiger partial charge in [0.15, 0.2) is 0 Å². The van der Waals surface area contributed by atoms with Crippen molar-refractivity contribution in [2.24, 2.45) is 0 Å². The fourth-order valence-corrected chi connectivity index (χ4v) is 3.69. The van der Waals surface area contributed by atoms with Crippen LogP contribution in [0.5, 0.6) is 0 Å². The lowest BCUT2D eigenvalue weighted by molar-refractivity contribution is -0.136. The van der Waals surface area contributed by atoms with Gasteiger partial charge in [0.25, 0.3) is 0 Å². The van der Waals surface area contributed by atoms with Gasteiger partial charge in [-0.2, -0.15) is 0 Å². The zero-order valence-electron chi connectivity index (χ0n) is 14.2. The summed E-state index contributed by atoms with van der Waals surface area (Å²) in [5, 5.41) is 12.5. The molecule has 5 nitrogen and oxygen atoms in total. The molecular formula is C20H20ClNO4. The molecule has 0 atom stereocenters. The molecular weight excluding hydrogens is 354 g/mol. The van der Waals surface area contributed by atoms with Crippen molar-refractivity contribution in [1.82, 2.24) is 0 Å². The molecule has 6 heteroatoms. The number of benzene rings is 2. The van der Waals surface area contributed by atoms with Crippen LogP contribution in [0, 0.1) is 0 Å². The number of anilines is 1. The van der Waals surface area contributed by atoms with Gasteiger partial charge in [-0.05, 0) is 42.2 Å². The Morgan fingerprint density at radius 3 is 2.54 bits per heavy atom. The highest BCUT2D eigenvalue weighted by Gasteiger charge is 2.43. The summed E-state index contributed by atoms with van der Waals surface area (Å²) in [7, 11) is 0. The maximum Gasteiger partial charge on any atom is 0.307 e. The first-order valence-electron chi connectivity index (χ1n) is 8.46. The zero-order valence-corrected chi connectivity index (χ0v) is 15.0. The summed E-state index contributed by atoms with van der Waals surface area (Å²) in [6, 6.07) is 14.3. The second-order valence-corrected chi connectivity index (χ2v) is 6.81. The molecule has 0 radical (unpaired) electrons. The molecule has 1 amide bonds. The molecule has 136 valence electrons. The van der Waals surface area contributed by atoms with Gasteiger partial charge in [-0.15, -0.1) is 0 Å². The number of rotatable bonds is 5. The lowest BCUT2D eigenvalue weighted by atomic mass is 9.73. The number of aliphatic carboxylic acids is 1. The molecule has 1 aliphatic rings. The van der Waals surface area contributed by atoms with Gasteiger partial charge < -0.3 is 15.2 Å². The van der Waals surface area contributed by atoms with E-state index in [0.717, 1.165) is 5.56 Å². The average Bonchev–Trinajstić information content (AvgIpc) is 2.62. The Kier molecular flexibility index (Phi) is 5.59.